The molecule has 2 aromatic rings. The van der Waals surface area contributed by atoms with Crippen LogP contribution in [0.4, 0.5) is 0 Å². The number of rotatable bonds is 5. The first-order valence-electron chi connectivity index (χ1n) is 7.35. The zero-order valence-corrected chi connectivity index (χ0v) is 13.3. The molecule has 0 radical (unpaired) electrons. The van der Waals surface area contributed by atoms with Crippen LogP contribution < -0.4 is 5.32 Å². The Morgan fingerprint density at radius 3 is 3.05 bits per heavy atom. The molecule has 21 heavy (non-hydrogen) atoms. The van der Waals surface area contributed by atoms with Crippen molar-refractivity contribution in [1.29, 1.82) is 0 Å². The molecule has 0 amide bonds. The van der Waals surface area contributed by atoms with E-state index in [-0.39, 0.29) is 0 Å². The largest absolute Gasteiger partial charge is 0.340 e. The second-order valence-electron chi connectivity index (χ2n) is 5.54. The molecule has 3 rings (SSSR count). The second-order valence-corrected chi connectivity index (χ2v) is 6.60. The molecule has 3 heterocycles. The lowest BCUT2D eigenvalue weighted by molar-refractivity contribution is 0.177. The van der Waals surface area contributed by atoms with E-state index in [1.54, 1.807) is 11.3 Å². The number of hydrogen-bond donors (Lipinski definition) is 1. The molecular formula is C14H21N5OS. The summed E-state index contributed by atoms with van der Waals surface area (Å²) in [5.41, 5.74) is 1.14. The summed E-state index contributed by atoms with van der Waals surface area (Å²) in [5, 5.41) is 10.8. The Kier molecular flexibility index (Phi) is 4.62. The zero-order valence-electron chi connectivity index (χ0n) is 12.5. The molecule has 0 aliphatic carbocycles. The molecule has 7 heteroatoms. The summed E-state index contributed by atoms with van der Waals surface area (Å²) >= 11 is 1.71. The monoisotopic (exact) mass is 307 g/mol. The summed E-state index contributed by atoms with van der Waals surface area (Å²) in [6.07, 6.45) is 2.41. The second kappa shape index (κ2) is 6.64. The fraction of sp³-hybridized carbons (Fsp3) is 0.643. The van der Waals surface area contributed by atoms with Gasteiger partial charge in [-0.3, -0.25) is 4.90 Å². The van der Waals surface area contributed by atoms with Crippen molar-refractivity contribution in [3.8, 4) is 0 Å². The van der Waals surface area contributed by atoms with E-state index in [1.807, 2.05) is 13.8 Å². The molecule has 0 aromatic carbocycles. The summed E-state index contributed by atoms with van der Waals surface area (Å²) in [6.45, 7) is 7.62. The highest BCUT2D eigenvalue weighted by Gasteiger charge is 2.21. The fourth-order valence-corrected chi connectivity index (χ4v) is 3.32. The summed E-state index contributed by atoms with van der Waals surface area (Å²) in [7, 11) is 0. The highest BCUT2D eigenvalue weighted by molar-refractivity contribution is 7.09. The Morgan fingerprint density at radius 2 is 2.33 bits per heavy atom. The summed E-state index contributed by atoms with van der Waals surface area (Å²) in [6, 6.07) is 0.508. The molecular weight excluding hydrogens is 286 g/mol. The maximum Gasteiger partial charge on any atom is 0.223 e. The minimum absolute atomic E-state index is 0.508. The molecule has 1 N–H and O–H groups in total. The third-order valence-corrected chi connectivity index (χ3v) is 4.50. The number of hydrogen-bond acceptors (Lipinski definition) is 7. The quantitative estimate of drug-likeness (QED) is 0.910. The predicted molar refractivity (Wildman–Crippen MR) is 81.0 cm³/mol. The number of piperidine rings is 1. The van der Waals surface area contributed by atoms with Crippen molar-refractivity contribution in [2.24, 2.45) is 0 Å². The Hall–Kier alpha value is -1.31. The van der Waals surface area contributed by atoms with Crippen LogP contribution in [0, 0.1) is 13.8 Å². The van der Waals surface area contributed by atoms with E-state index in [2.05, 4.69) is 30.7 Å². The standard InChI is InChI=1S/C14H21N5OS/c1-10-16-14(18-20-10)8-19-5-3-4-12(7-19)15-6-13-9-21-11(2)17-13/h9,12,15H,3-8H2,1-2H3/t12-/m0/s1. The predicted octanol–water partition coefficient (Wildman–Crippen LogP) is 1.90. The van der Waals surface area contributed by atoms with Crippen LogP contribution in [0.3, 0.4) is 0 Å². The summed E-state index contributed by atoms with van der Waals surface area (Å²) in [4.78, 5) is 11.2. The molecule has 2 aromatic heterocycles. The lowest BCUT2D eigenvalue weighted by atomic mass is 10.1. The van der Waals surface area contributed by atoms with Gasteiger partial charge < -0.3 is 9.84 Å². The third kappa shape index (κ3) is 4.09. The molecule has 1 aliphatic rings. The maximum absolute atomic E-state index is 5.03. The number of aromatic nitrogens is 3. The SMILES string of the molecule is Cc1nc(CN2CCC[C@H](NCc3csc(C)n3)C2)no1. The van der Waals surface area contributed by atoms with Crippen LogP contribution in [0.15, 0.2) is 9.90 Å². The molecule has 6 nitrogen and oxygen atoms in total. The molecule has 0 saturated carbocycles. The Balaban J connectivity index is 1.48. The molecule has 1 fully saturated rings. The number of thiazole rings is 1. The van der Waals surface area contributed by atoms with Crippen molar-refractivity contribution in [3.63, 3.8) is 0 Å². The molecule has 0 spiro atoms. The molecule has 0 unspecified atom stereocenters. The van der Waals surface area contributed by atoms with Crippen molar-refractivity contribution >= 4 is 11.3 Å². The van der Waals surface area contributed by atoms with Crippen molar-refractivity contribution in [3.05, 3.63) is 27.8 Å². The van der Waals surface area contributed by atoms with Crippen LogP contribution in [-0.2, 0) is 13.1 Å². The van der Waals surface area contributed by atoms with E-state index >= 15 is 0 Å². The Morgan fingerprint density at radius 1 is 1.43 bits per heavy atom. The zero-order chi connectivity index (χ0) is 14.7. The maximum atomic E-state index is 5.03. The summed E-state index contributed by atoms with van der Waals surface area (Å²) in [5.74, 6) is 1.42. The molecule has 1 aliphatic heterocycles. The molecule has 1 atom stereocenters. The molecule has 114 valence electrons. The molecule has 0 bridgehead atoms. The van der Waals surface area contributed by atoms with Crippen LogP contribution in [0.5, 0.6) is 0 Å². The van der Waals surface area contributed by atoms with Crippen molar-refractivity contribution < 1.29 is 4.52 Å². The van der Waals surface area contributed by atoms with Gasteiger partial charge in [0, 0.05) is 31.4 Å². The van der Waals surface area contributed by atoms with Gasteiger partial charge in [-0.1, -0.05) is 5.16 Å². The highest BCUT2D eigenvalue weighted by atomic mass is 32.1. The van der Waals surface area contributed by atoms with Crippen LogP contribution in [0.25, 0.3) is 0 Å². The lowest BCUT2D eigenvalue weighted by Gasteiger charge is -2.32. The average molecular weight is 307 g/mol. The minimum atomic E-state index is 0.508. The van der Waals surface area contributed by atoms with Crippen LogP contribution >= 0.6 is 11.3 Å². The number of nitrogens with one attached hydrogen (secondary N) is 1. The van der Waals surface area contributed by atoms with Crippen molar-refractivity contribution in [2.75, 3.05) is 13.1 Å². The highest BCUT2D eigenvalue weighted by Crippen LogP contribution is 2.14. The Labute approximate surface area is 128 Å². The number of nitrogens with zero attached hydrogens (tertiary/aromatic N) is 4. The van der Waals surface area contributed by atoms with E-state index < -0.39 is 0 Å². The normalized spacial score (nSPS) is 20.0. The van der Waals surface area contributed by atoms with E-state index in [0.717, 1.165) is 42.7 Å². The van der Waals surface area contributed by atoms with E-state index in [0.29, 0.717) is 11.9 Å². The minimum Gasteiger partial charge on any atom is -0.340 e. The van der Waals surface area contributed by atoms with Gasteiger partial charge in [0.2, 0.25) is 5.89 Å². The van der Waals surface area contributed by atoms with Gasteiger partial charge in [0.25, 0.3) is 0 Å². The Bertz CT molecular complexity index is 581. The van der Waals surface area contributed by atoms with Crippen molar-refractivity contribution in [1.82, 2.24) is 25.3 Å². The number of likely N-dealkylation sites (tertiary alicyclic amines) is 1. The smallest absolute Gasteiger partial charge is 0.223 e. The average Bonchev–Trinajstić information content (AvgIpc) is 3.06. The first-order valence-corrected chi connectivity index (χ1v) is 8.23. The summed E-state index contributed by atoms with van der Waals surface area (Å²) < 4.78 is 5.03. The van der Waals surface area contributed by atoms with Gasteiger partial charge in [0.15, 0.2) is 5.82 Å². The van der Waals surface area contributed by atoms with Gasteiger partial charge in [0.1, 0.15) is 0 Å². The van der Waals surface area contributed by atoms with Crippen molar-refractivity contribution in [2.45, 2.75) is 45.8 Å². The van der Waals surface area contributed by atoms with E-state index in [9.17, 15) is 0 Å². The number of aryl methyl sites for hydroxylation is 2. The van der Waals surface area contributed by atoms with Gasteiger partial charge in [-0.2, -0.15) is 4.98 Å². The van der Waals surface area contributed by atoms with E-state index in [4.69, 9.17) is 4.52 Å². The first-order chi connectivity index (χ1) is 10.2. The van der Waals surface area contributed by atoms with Crippen LogP contribution in [0.1, 0.15) is 35.3 Å². The van der Waals surface area contributed by atoms with Gasteiger partial charge >= 0.3 is 0 Å². The third-order valence-electron chi connectivity index (χ3n) is 3.68. The van der Waals surface area contributed by atoms with Crippen LogP contribution in [-0.4, -0.2) is 39.2 Å². The first kappa shape index (κ1) is 14.6. The lowest BCUT2D eigenvalue weighted by Crippen LogP contribution is -2.45. The fourth-order valence-electron chi connectivity index (χ4n) is 2.71. The molecule has 1 saturated heterocycles. The van der Waals surface area contributed by atoms with E-state index in [1.165, 1.54) is 12.8 Å². The van der Waals surface area contributed by atoms with Gasteiger partial charge in [-0.25, -0.2) is 4.98 Å². The van der Waals surface area contributed by atoms with Gasteiger partial charge in [0.05, 0.1) is 17.2 Å². The topological polar surface area (TPSA) is 67.1 Å². The van der Waals surface area contributed by atoms with Gasteiger partial charge in [-0.15, -0.1) is 11.3 Å². The van der Waals surface area contributed by atoms with Gasteiger partial charge in [-0.05, 0) is 26.3 Å². The van der Waals surface area contributed by atoms with Crippen LogP contribution in [0.2, 0.25) is 0 Å².